The van der Waals surface area contributed by atoms with Crippen LogP contribution in [0.25, 0.3) is 0 Å². The molecule has 1 unspecified atom stereocenters. The van der Waals surface area contributed by atoms with Crippen molar-refractivity contribution >= 4 is 6.09 Å². The SMILES string of the molecule is CC(C)CCCC(C)NC1CC(NC(=O)OCc2ccccc2)C1. The van der Waals surface area contributed by atoms with Crippen molar-refractivity contribution in [1.82, 2.24) is 10.6 Å². The van der Waals surface area contributed by atoms with Gasteiger partial charge in [-0.2, -0.15) is 0 Å². The van der Waals surface area contributed by atoms with Crippen molar-refractivity contribution < 1.29 is 9.53 Å². The van der Waals surface area contributed by atoms with Gasteiger partial charge in [0.15, 0.2) is 0 Å². The highest BCUT2D eigenvalue weighted by atomic mass is 16.5. The molecule has 4 heteroatoms. The molecule has 1 saturated carbocycles. The number of nitrogens with one attached hydrogen (secondary N) is 2. The average Bonchev–Trinajstić information content (AvgIpc) is 2.51. The molecule has 1 aromatic rings. The lowest BCUT2D eigenvalue weighted by atomic mass is 9.86. The van der Waals surface area contributed by atoms with Crippen LogP contribution >= 0.6 is 0 Å². The highest BCUT2D eigenvalue weighted by molar-refractivity contribution is 5.67. The number of benzene rings is 1. The fourth-order valence-electron chi connectivity index (χ4n) is 3.12. The molecule has 1 atom stereocenters. The van der Waals surface area contributed by atoms with E-state index in [1.54, 1.807) is 0 Å². The van der Waals surface area contributed by atoms with Gasteiger partial charge in [0.2, 0.25) is 0 Å². The van der Waals surface area contributed by atoms with E-state index in [1.807, 2.05) is 30.3 Å². The third kappa shape index (κ3) is 6.91. The quantitative estimate of drug-likeness (QED) is 0.711. The van der Waals surface area contributed by atoms with E-state index >= 15 is 0 Å². The molecule has 0 aliphatic heterocycles. The number of ether oxygens (including phenoxy) is 1. The van der Waals surface area contributed by atoms with Crippen molar-refractivity contribution in [3.8, 4) is 0 Å². The first-order chi connectivity index (χ1) is 11.5. The molecular formula is C20H32N2O2. The lowest BCUT2D eigenvalue weighted by Gasteiger charge is -2.38. The number of rotatable bonds is 9. The Morgan fingerprint density at radius 1 is 1.12 bits per heavy atom. The Balaban J connectivity index is 1.53. The molecular weight excluding hydrogens is 300 g/mol. The van der Waals surface area contributed by atoms with Gasteiger partial charge in [-0.25, -0.2) is 4.79 Å². The number of amides is 1. The lowest BCUT2D eigenvalue weighted by molar-refractivity contribution is 0.124. The van der Waals surface area contributed by atoms with Crippen molar-refractivity contribution in [2.45, 2.75) is 77.6 Å². The van der Waals surface area contributed by atoms with Crippen LogP contribution in [0.2, 0.25) is 0 Å². The van der Waals surface area contributed by atoms with Crippen LogP contribution in [-0.4, -0.2) is 24.2 Å². The second-order valence-corrected chi connectivity index (χ2v) is 7.46. The zero-order valence-corrected chi connectivity index (χ0v) is 15.3. The maximum Gasteiger partial charge on any atom is 0.407 e. The van der Waals surface area contributed by atoms with Gasteiger partial charge in [0.05, 0.1) is 0 Å². The minimum atomic E-state index is -0.313. The summed E-state index contributed by atoms with van der Waals surface area (Å²) in [5.74, 6) is 0.788. The van der Waals surface area contributed by atoms with E-state index in [1.165, 1.54) is 19.3 Å². The second-order valence-electron chi connectivity index (χ2n) is 7.46. The minimum absolute atomic E-state index is 0.244. The molecule has 1 aliphatic rings. The molecule has 2 rings (SSSR count). The first kappa shape index (κ1) is 18.8. The van der Waals surface area contributed by atoms with E-state index < -0.39 is 0 Å². The van der Waals surface area contributed by atoms with E-state index in [4.69, 9.17) is 4.74 Å². The Labute approximate surface area is 146 Å². The fourth-order valence-corrected chi connectivity index (χ4v) is 3.12. The van der Waals surface area contributed by atoms with E-state index in [9.17, 15) is 4.79 Å². The monoisotopic (exact) mass is 332 g/mol. The summed E-state index contributed by atoms with van der Waals surface area (Å²) in [6.07, 6.45) is 5.49. The van der Waals surface area contributed by atoms with Crippen molar-refractivity contribution in [3.63, 3.8) is 0 Å². The summed E-state index contributed by atoms with van der Waals surface area (Å²) in [6.45, 7) is 7.14. The molecule has 24 heavy (non-hydrogen) atoms. The zero-order chi connectivity index (χ0) is 17.4. The Kier molecular flexibility index (Phi) is 7.57. The molecule has 0 spiro atoms. The van der Waals surface area contributed by atoms with Crippen LogP contribution in [0.4, 0.5) is 4.79 Å². The molecule has 1 fully saturated rings. The summed E-state index contributed by atoms with van der Waals surface area (Å²) < 4.78 is 5.26. The number of carbonyl (C=O) groups is 1. The molecule has 0 radical (unpaired) electrons. The van der Waals surface area contributed by atoms with E-state index in [-0.39, 0.29) is 12.1 Å². The molecule has 0 heterocycles. The third-order valence-corrected chi connectivity index (χ3v) is 4.61. The van der Waals surface area contributed by atoms with E-state index in [2.05, 4.69) is 31.4 Å². The Hall–Kier alpha value is -1.55. The largest absolute Gasteiger partial charge is 0.445 e. The summed E-state index contributed by atoms with van der Waals surface area (Å²) in [5, 5.41) is 6.61. The van der Waals surface area contributed by atoms with Crippen molar-refractivity contribution in [3.05, 3.63) is 35.9 Å². The maximum absolute atomic E-state index is 11.8. The van der Waals surface area contributed by atoms with Gasteiger partial charge in [-0.05, 0) is 37.7 Å². The van der Waals surface area contributed by atoms with Gasteiger partial charge in [0.1, 0.15) is 6.61 Å². The van der Waals surface area contributed by atoms with Gasteiger partial charge in [-0.15, -0.1) is 0 Å². The van der Waals surface area contributed by atoms with Crippen LogP contribution in [0.3, 0.4) is 0 Å². The van der Waals surface area contributed by atoms with Crippen molar-refractivity contribution in [1.29, 1.82) is 0 Å². The van der Waals surface area contributed by atoms with Crippen molar-refractivity contribution in [2.24, 2.45) is 5.92 Å². The molecule has 134 valence electrons. The summed E-state index contributed by atoms with van der Waals surface area (Å²) in [5.41, 5.74) is 1.01. The molecule has 0 aromatic heterocycles. The molecule has 2 N–H and O–H groups in total. The summed E-state index contributed by atoms with van der Waals surface area (Å²) in [6, 6.07) is 11.1. The Bertz CT molecular complexity index is 484. The molecule has 1 aromatic carbocycles. The first-order valence-electron chi connectivity index (χ1n) is 9.26. The van der Waals surface area contributed by atoms with Gasteiger partial charge < -0.3 is 15.4 Å². The summed E-state index contributed by atoms with van der Waals surface area (Å²) in [4.78, 5) is 11.8. The van der Waals surface area contributed by atoms with Gasteiger partial charge in [-0.3, -0.25) is 0 Å². The molecule has 1 aliphatic carbocycles. The highest BCUT2D eigenvalue weighted by Gasteiger charge is 2.31. The summed E-state index contributed by atoms with van der Waals surface area (Å²) in [7, 11) is 0. The van der Waals surface area contributed by atoms with Gasteiger partial charge in [-0.1, -0.05) is 57.0 Å². The number of hydrogen-bond acceptors (Lipinski definition) is 3. The predicted octanol–water partition coefficient (Wildman–Crippen LogP) is 4.25. The van der Waals surface area contributed by atoms with Crippen LogP contribution in [0.15, 0.2) is 30.3 Å². The Morgan fingerprint density at radius 2 is 1.83 bits per heavy atom. The van der Waals surface area contributed by atoms with Gasteiger partial charge in [0, 0.05) is 18.1 Å². The molecule has 4 nitrogen and oxygen atoms in total. The highest BCUT2D eigenvalue weighted by Crippen LogP contribution is 2.21. The molecule has 1 amide bonds. The van der Waals surface area contributed by atoms with E-state index in [0.717, 1.165) is 24.3 Å². The van der Waals surface area contributed by atoms with Crippen LogP contribution < -0.4 is 10.6 Å². The van der Waals surface area contributed by atoms with Crippen molar-refractivity contribution in [2.75, 3.05) is 0 Å². The van der Waals surface area contributed by atoms with Gasteiger partial charge in [0.25, 0.3) is 0 Å². The fraction of sp³-hybridized carbons (Fsp3) is 0.650. The summed E-state index contributed by atoms with van der Waals surface area (Å²) >= 11 is 0. The predicted molar refractivity (Wildman–Crippen MR) is 97.9 cm³/mol. The van der Waals surface area contributed by atoms with Crippen LogP contribution in [-0.2, 0) is 11.3 Å². The smallest absolute Gasteiger partial charge is 0.407 e. The number of hydrogen-bond donors (Lipinski definition) is 2. The topological polar surface area (TPSA) is 50.4 Å². The van der Waals surface area contributed by atoms with Crippen LogP contribution in [0.5, 0.6) is 0 Å². The minimum Gasteiger partial charge on any atom is -0.445 e. The average molecular weight is 332 g/mol. The molecule has 0 bridgehead atoms. The first-order valence-corrected chi connectivity index (χ1v) is 9.26. The van der Waals surface area contributed by atoms with Crippen LogP contribution in [0, 0.1) is 5.92 Å². The van der Waals surface area contributed by atoms with Gasteiger partial charge >= 0.3 is 6.09 Å². The number of alkyl carbamates (subject to hydrolysis) is 1. The zero-order valence-electron chi connectivity index (χ0n) is 15.3. The normalized spacial score (nSPS) is 21.2. The maximum atomic E-state index is 11.8. The second kappa shape index (κ2) is 9.67. The molecule has 0 saturated heterocycles. The van der Waals surface area contributed by atoms with Crippen LogP contribution in [0.1, 0.15) is 58.4 Å². The Morgan fingerprint density at radius 3 is 2.50 bits per heavy atom. The lowest BCUT2D eigenvalue weighted by Crippen LogP contribution is -2.54. The standard InChI is InChI=1S/C20H32N2O2/c1-15(2)8-7-9-16(3)21-18-12-19(13-18)22-20(23)24-14-17-10-5-4-6-11-17/h4-6,10-11,15-16,18-19,21H,7-9,12-14H2,1-3H3,(H,22,23). The van der Waals surface area contributed by atoms with E-state index in [0.29, 0.717) is 18.7 Å². The third-order valence-electron chi connectivity index (χ3n) is 4.61. The number of carbonyl (C=O) groups excluding carboxylic acids is 1.